The largest absolute Gasteiger partial charge is 0.228 e. The Morgan fingerprint density at radius 3 is 1.90 bits per heavy atom. The van der Waals surface area contributed by atoms with Gasteiger partial charge in [-0.1, -0.05) is 61.9 Å². The molecular weight excluding hydrogens is 268 g/mol. The number of hydrogen-bond donors (Lipinski definition) is 0. The second-order valence-corrected chi connectivity index (χ2v) is 7.48. The van der Waals surface area contributed by atoms with Crippen LogP contribution in [-0.4, -0.2) is 14.2 Å². The Labute approximate surface area is 120 Å². The van der Waals surface area contributed by atoms with E-state index in [1.54, 1.807) is 0 Å². The summed E-state index contributed by atoms with van der Waals surface area (Å²) in [6, 6.07) is 15.7. The number of fused-ring (bicyclic) bond motifs is 3. The maximum absolute atomic E-state index is 12.7. The highest BCUT2D eigenvalue weighted by atomic mass is 32.2. The van der Waals surface area contributed by atoms with Gasteiger partial charge >= 0.3 is 0 Å². The lowest BCUT2D eigenvalue weighted by Crippen LogP contribution is -2.16. The summed E-state index contributed by atoms with van der Waals surface area (Å²) in [4.78, 5) is 0. The third-order valence-electron chi connectivity index (χ3n) is 3.92. The maximum atomic E-state index is 12.7. The lowest BCUT2D eigenvalue weighted by molar-refractivity contribution is 0.586. The van der Waals surface area contributed by atoms with Crippen molar-refractivity contribution >= 4 is 9.84 Å². The normalized spacial score (nSPS) is 14.1. The van der Waals surface area contributed by atoms with Gasteiger partial charge in [0, 0.05) is 0 Å². The molecule has 0 aromatic heterocycles. The van der Waals surface area contributed by atoms with Crippen molar-refractivity contribution in [1.29, 1.82) is 0 Å². The van der Waals surface area contributed by atoms with Crippen molar-refractivity contribution in [2.45, 2.75) is 25.0 Å². The minimum atomic E-state index is -3.15. The summed E-state index contributed by atoms with van der Waals surface area (Å²) in [6.45, 7) is 2.02. The van der Waals surface area contributed by atoms with E-state index in [0.717, 1.165) is 35.1 Å². The molecule has 2 nitrogen and oxygen atoms in total. The van der Waals surface area contributed by atoms with Crippen LogP contribution in [0.2, 0.25) is 0 Å². The van der Waals surface area contributed by atoms with Gasteiger partial charge in [0.25, 0.3) is 0 Å². The van der Waals surface area contributed by atoms with Gasteiger partial charge in [0.15, 0.2) is 9.84 Å². The molecule has 2 aromatic carbocycles. The third kappa shape index (κ3) is 2.06. The van der Waals surface area contributed by atoms with Gasteiger partial charge in [-0.05, 0) is 28.7 Å². The lowest BCUT2D eigenvalue weighted by atomic mass is 10.1. The van der Waals surface area contributed by atoms with Gasteiger partial charge < -0.3 is 0 Å². The third-order valence-corrected chi connectivity index (χ3v) is 6.00. The highest BCUT2D eigenvalue weighted by Crippen LogP contribution is 2.47. The molecule has 0 amide bonds. The molecule has 0 bridgehead atoms. The highest BCUT2D eigenvalue weighted by Gasteiger charge is 2.36. The van der Waals surface area contributed by atoms with Gasteiger partial charge in [0.05, 0.1) is 5.75 Å². The average molecular weight is 286 g/mol. The van der Waals surface area contributed by atoms with Gasteiger partial charge in [-0.2, -0.15) is 0 Å². The first-order valence-corrected chi connectivity index (χ1v) is 8.76. The summed E-state index contributed by atoms with van der Waals surface area (Å²) in [7, 11) is -3.15. The van der Waals surface area contributed by atoms with Crippen LogP contribution in [0.15, 0.2) is 48.5 Å². The molecule has 1 aliphatic rings. The number of unbranched alkanes of at least 4 members (excludes halogenated alkanes) is 1. The first-order valence-electron chi connectivity index (χ1n) is 7.05. The summed E-state index contributed by atoms with van der Waals surface area (Å²) in [5.41, 5.74) is 4.00. The monoisotopic (exact) mass is 286 g/mol. The van der Waals surface area contributed by atoms with E-state index >= 15 is 0 Å². The lowest BCUT2D eigenvalue weighted by Gasteiger charge is -2.14. The zero-order chi connectivity index (χ0) is 14.2. The molecule has 0 unspecified atom stereocenters. The van der Waals surface area contributed by atoms with E-state index in [9.17, 15) is 8.42 Å². The van der Waals surface area contributed by atoms with E-state index in [1.165, 1.54) is 0 Å². The Bertz CT molecular complexity index is 687. The van der Waals surface area contributed by atoms with Crippen LogP contribution in [0.1, 0.15) is 36.1 Å². The second kappa shape index (κ2) is 5.06. The zero-order valence-corrected chi connectivity index (χ0v) is 12.4. The first kappa shape index (κ1) is 13.4. The summed E-state index contributed by atoms with van der Waals surface area (Å²) in [6.07, 6.45) is 1.62. The number of hydrogen-bond acceptors (Lipinski definition) is 2. The molecule has 0 heterocycles. The Morgan fingerprint density at radius 2 is 1.40 bits per heavy atom. The molecule has 2 aromatic rings. The number of benzene rings is 2. The van der Waals surface area contributed by atoms with Gasteiger partial charge in [-0.3, -0.25) is 0 Å². The van der Waals surface area contributed by atoms with Crippen molar-refractivity contribution in [2.75, 3.05) is 5.75 Å². The Morgan fingerprint density at radius 1 is 0.900 bits per heavy atom. The molecule has 0 radical (unpaired) electrons. The molecule has 0 fully saturated rings. The van der Waals surface area contributed by atoms with Crippen LogP contribution in [0.25, 0.3) is 11.1 Å². The summed E-state index contributed by atoms with van der Waals surface area (Å²) >= 11 is 0. The van der Waals surface area contributed by atoms with Gasteiger partial charge in [-0.15, -0.1) is 0 Å². The molecule has 0 N–H and O–H groups in total. The summed E-state index contributed by atoms with van der Waals surface area (Å²) in [5, 5.41) is -0.485. The van der Waals surface area contributed by atoms with E-state index in [1.807, 2.05) is 55.5 Å². The number of rotatable bonds is 4. The van der Waals surface area contributed by atoms with Crippen LogP contribution < -0.4 is 0 Å². The van der Waals surface area contributed by atoms with E-state index in [2.05, 4.69) is 0 Å². The molecule has 0 spiro atoms. The molecule has 0 aliphatic heterocycles. The number of sulfone groups is 1. The van der Waals surface area contributed by atoms with Crippen LogP contribution in [-0.2, 0) is 9.84 Å². The molecule has 3 heteroatoms. The second-order valence-electron chi connectivity index (χ2n) is 5.28. The predicted molar refractivity (Wildman–Crippen MR) is 82.4 cm³/mol. The van der Waals surface area contributed by atoms with Crippen molar-refractivity contribution in [2.24, 2.45) is 0 Å². The fraction of sp³-hybridized carbons (Fsp3) is 0.294. The molecule has 0 saturated heterocycles. The fourth-order valence-corrected chi connectivity index (χ4v) is 5.07. The average Bonchev–Trinajstić information content (AvgIpc) is 2.80. The van der Waals surface area contributed by atoms with Crippen LogP contribution >= 0.6 is 0 Å². The minimum absolute atomic E-state index is 0.261. The van der Waals surface area contributed by atoms with Gasteiger partial charge in [0.1, 0.15) is 5.25 Å². The molecule has 3 rings (SSSR count). The van der Waals surface area contributed by atoms with E-state index in [-0.39, 0.29) is 5.75 Å². The molecule has 104 valence electrons. The maximum Gasteiger partial charge on any atom is 0.161 e. The smallest absolute Gasteiger partial charge is 0.161 e. The van der Waals surface area contributed by atoms with Crippen molar-refractivity contribution in [3.63, 3.8) is 0 Å². The predicted octanol–water partition coefficient (Wildman–Crippen LogP) is 3.97. The van der Waals surface area contributed by atoms with Crippen LogP contribution in [0.4, 0.5) is 0 Å². The van der Waals surface area contributed by atoms with Crippen molar-refractivity contribution in [1.82, 2.24) is 0 Å². The minimum Gasteiger partial charge on any atom is -0.228 e. The van der Waals surface area contributed by atoms with E-state index in [4.69, 9.17) is 0 Å². The van der Waals surface area contributed by atoms with Gasteiger partial charge in [0.2, 0.25) is 0 Å². The molecule has 20 heavy (non-hydrogen) atoms. The zero-order valence-electron chi connectivity index (χ0n) is 11.5. The molecule has 0 saturated carbocycles. The molecule has 1 aliphatic carbocycles. The van der Waals surface area contributed by atoms with E-state index < -0.39 is 15.1 Å². The standard InChI is InChI=1S/C17H18O2S/c1-2-3-12-20(18,19)17-15-10-6-4-8-13(15)14-9-5-7-11-16(14)17/h4-11,17H,2-3,12H2,1H3. The van der Waals surface area contributed by atoms with Gasteiger partial charge in [-0.25, -0.2) is 8.42 Å². The topological polar surface area (TPSA) is 34.1 Å². The fourth-order valence-electron chi connectivity index (χ4n) is 2.96. The van der Waals surface area contributed by atoms with Crippen molar-refractivity contribution < 1.29 is 8.42 Å². The highest BCUT2D eigenvalue weighted by molar-refractivity contribution is 7.91. The van der Waals surface area contributed by atoms with Crippen molar-refractivity contribution in [3.05, 3.63) is 59.7 Å². The van der Waals surface area contributed by atoms with Crippen LogP contribution in [0.5, 0.6) is 0 Å². The van der Waals surface area contributed by atoms with Crippen molar-refractivity contribution in [3.8, 4) is 11.1 Å². The summed E-state index contributed by atoms with van der Waals surface area (Å²) < 4.78 is 25.4. The summed E-state index contributed by atoms with van der Waals surface area (Å²) in [5.74, 6) is 0.261. The quantitative estimate of drug-likeness (QED) is 0.852. The molecule has 0 atom stereocenters. The Kier molecular flexibility index (Phi) is 3.38. The SMILES string of the molecule is CCCCS(=O)(=O)C1c2ccccc2-c2ccccc21. The van der Waals surface area contributed by atoms with Crippen LogP contribution in [0, 0.1) is 0 Å². The van der Waals surface area contributed by atoms with E-state index in [0.29, 0.717) is 0 Å². The van der Waals surface area contributed by atoms with Crippen LogP contribution in [0.3, 0.4) is 0 Å². The molecular formula is C17H18O2S. The first-order chi connectivity index (χ1) is 9.65. The Balaban J connectivity index is 2.17. The Hall–Kier alpha value is -1.61.